The number of para-hydroxylation sites is 1. The van der Waals surface area contributed by atoms with Crippen molar-refractivity contribution in [2.75, 3.05) is 0 Å². The molecule has 34 heavy (non-hydrogen) atoms. The minimum Gasteiger partial charge on any atom is -0.340 e. The Labute approximate surface area is 215 Å². The molecule has 4 aromatic rings. The number of halogens is 2. The Morgan fingerprint density at radius 2 is 1.97 bits per heavy atom. The third-order valence-electron chi connectivity index (χ3n) is 5.92. The zero-order valence-corrected chi connectivity index (χ0v) is 21.6. The maximum absolute atomic E-state index is 13.3. The molecule has 172 valence electrons. The minimum absolute atomic E-state index is 0.0919. The van der Waals surface area contributed by atoms with E-state index in [-0.39, 0.29) is 5.78 Å². The number of Topliss-reactive ketones (excluding diaryl/α,β-unsaturated/α-hetero) is 1. The minimum atomic E-state index is -0.657. The van der Waals surface area contributed by atoms with E-state index in [0.717, 1.165) is 39.2 Å². The second kappa shape index (κ2) is 9.30. The van der Waals surface area contributed by atoms with Crippen molar-refractivity contribution in [3.63, 3.8) is 0 Å². The molecule has 1 N–H and O–H groups in total. The first kappa shape index (κ1) is 23.3. The number of carbonyl (C=O) groups is 1. The van der Waals surface area contributed by atoms with Crippen LogP contribution in [0, 0.1) is 12.3 Å². The van der Waals surface area contributed by atoms with E-state index in [1.54, 1.807) is 6.07 Å². The van der Waals surface area contributed by atoms with E-state index in [1.807, 2.05) is 44.2 Å². The summed E-state index contributed by atoms with van der Waals surface area (Å²) in [7, 11) is 0. The number of rotatable bonds is 5. The molecule has 9 heteroatoms. The van der Waals surface area contributed by atoms with Gasteiger partial charge in [0.1, 0.15) is 15.9 Å². The number of aromatic nitrogens is 3. The van der Waals surface area contributed by atoms with Gasteiger partial charge in [-0.05, 0) is 43.2 Å². The summed E-state index contributed by atoms with van der Waals surface area (Å²) in [5.41, 5.74) is 4.01. The van der Waals surface area contributed by atoms with Crippen LogP contribution in [0.1, 0.15) is 39.7 Å². The van der Waals surface area contributed by atoms with Gasteiger partial charge in [-0.3, -0.25) is 10.2 Å². The first-order valence-electron chi connectivity index (χ1n) is 10.7. The van der Waals surface area contributed by atoms with Crippen molar-refractivity contribution in [1.82, 2.24) is 14.8 Å². The maximum atomic E-state index is 13.3. The number of fused-ring (bicyclic) bond motifs is 1. The largest absolute Gasteiger partial charge is 0.340 e. The lowest BCUT2D eigenvalue weighted by atomic mass is 10.0. The van der Waals surface area contributed by atoms with Crippen LogP contribution in [-0.2, 0) is 17.8 Å². The Hall–Kier alpha value is -2.45. The van der Waals surface area contributed by atoms with Crippen molar-refractivity contribution in [1.29, 1.82) is 5.41 Å². The average molecular weight is 528 g/mol. The number of carbonyl (C=O) groups excluding carboxylic acids is 1. The number of thioether (sulfide) groups is 1. The second-order valence-corrected chi connectivity index (χ2v) is 11.0. The Morgan fingerprint density at radius 1 is 1.18 bits per heavy atom. The van der Waals surface area contributed by atoms with E-state index in [9.17, 15) is 4.79 Å². The van der Waals surface area contributed by atoms with Gasteiger partial charge in [-0.2, -0.15) is 0 Å². The Balaban J connectivity index is 1.56. The summed E-state index contributed by atoms with van der Waals surface area (Å²) in [6.45, 7) is 4.62. The lowest BCUT2D eigenvalue weighted by Gasteiger charge is -2.10. The summed E-state index contributed by atoms with van der Waals surface area (Å²) in [4.78, 5) is 13.9. The first-order valence-corrected chi connectivity index (χ1v) is 13.1. The van der Waals surface area contributed by atoms with Gasteiger partial charge in [0.2, 0.25) is 0 Å². The van der Waals surface area contributed by atoms with E-state index in [2.05, 4.69) is 26.9 Å². The van der Waals surface area contributed by atoms with Crippen molar-refractivity contribution in [2.24, 2.45) is 0 Å². The van der Waals surface area contributed by atoms with Gasteiger partial charge in [0, 0.05) is 38.8 Å². The zero-order chi connectivity index (χ0) is 24.0. The monoisotopic (exact) mass is 526 g/mol. The number of aryl methyl sites for hydroxylation is 1. The van der Waals surface area contributed by atoms with Gasteiger partial charge in [-0.1, -0.05) is 66.2 Å². The molecule has 5 rings (SSSR count). The summed E-state index contributed by atoms with van der Waals surface area (Å²) in [6, 6.07) is 13.6. The van der Waals surface area contributed by atoms with E-state index < -0.39 is 5.92 Å². The fourth-order valence-corrected chi connectivity index (χ4v) is 6.54. The smallest absolute Gasteiger partial charge is 0.186 e. The van der Waals surface area contributed by atoms with Crippen LogP contribution in [0.25, 0.3) is 17.0 Å². The van der Waals surface area contributed by atoms with Crippen molar-refractivity contribution in [3.05, 3.63) is 84.3 Å². The molecule has 0 unspecified atom stereocenters. The van der Waals surface area contributed by atoms with Gasteiger partial charge in [-0.25, -0.2) is 0 Å². The fourth-order valence-electron chi connectivity index (χ4n) is 4.14. The van der Waals surface area contributed by atoms with E-state index in [1.165, 1.54) is 23.1 Å². The van der Waals surface area contributed by atoms with Gasteiger partial charge in [-0.15, -0.1) is 21.5 Å². The molecule has 5 nitrogen and oxygen atoms in total. The molecule has 1 saturated heterocycles. The number of allylic oxidation sites excluding steroid dienone is 1. The Kier molecular flexibility index (Phi) is 6.37. The number of ketones is 1. The number of hydrogen-bond acceptors (Lipinski definition) is 6. The van der Waals surface area contributed by atoms with Crippen LogP contribution in [-0.4, -0.2) is 25.6 Å². The molecule has 1 aliphatic heterocycles. The number of nitrogens with one attached hydrogen (secondary N) is 1. The summed E-state index contributed by atoms with van der Waals surface area (Å²) in [6.07, 6.45) is 2.68. The third-order valence-corrected chi connectivity index (χ3v) is 8.63. The number of nitrogens with zero attached hydrogens (tertiary/aromatic N) is 3. The topological polar surface area (TPSA) is 71.6 Å². The first-order chi connectivity index (χ1) is 16.4. The average Bonchev–Trinajstić information content (AvgIpc) is 3.47. The highest BCUT2D eigenvalue weighted by Gasteiger charge is 2.39. The maximum Gasteiger partial charge on any atom is 0.186 e. The van der Waals surface area contributed by atoms with Crippen molar-refractivity contribution in [2.45, 2.75) is 32.7 Å². The molecule has 1 aliphatic rings. The molecular weight excluding hydrogens is 507 g/mol. The molecule has 0 amide bonds. The normalized spacial score (nSPS) is 17.4. The van der Waals surface area contributed by atoms with Gasteiger partial charge < -0.3 is 4.57 Å². The standard InChI is InChI=1S/C25H20Cl2N4OS2/c1-3-21-29-30-25(34-21)22-23(32)20(33-24(22)28)11-17-13(2)31(19-7-5-4-6-16(17)19)12-14-8-9-15(26)10-18(14)27/h4-11,22,28H,3,12H2,1-2H3/b20-11-,28-24?/t22-/m1/s1. The lowest BCUT2D eigenvalue weighted by Crippen LogP contribution is -2.11. The van der Waals surface area contributed by atoms with E-state index in [0.29, 0.717) is 31.5 Å². The Morgan fingerprint density at radius 3 is 2.71 bits per heavy atom. The molecular formula is C25H20Cl2N4OS2. The zero-order valence-electron chi connectivity index (χ0n) is 18.4. The van der Waals surface area contributed by atoms with Crippen LogP contribution in [0.15, 0.2) is 47.4 Å². The second-order valence-electron chi connectivity index (χ2n) is 8.00. The van der Waals surface area contributed by atoms with Gasteiger partial charge in [0.25, 0.3) is 0 Å². The fraction of sp³-hybridized carbons (Fsp3) is 0.200. The molecule has 1 atom stereocenters. The van der Waals surface area contributed by atoms with Crippen LogP contribution < -0.4 is 0 Å². The highest BCUT2D eigenvalue weighted by atomic mass is 35.5. The van der Waals surface area contributed by atoms with Crippen LogP contribution in [0.5, 0.6) is 0 Å². The van der Waals surface area contributed by atoms with Crippen molar-refractivity contribution >= 4 is 74.1 Å². The van der Waals surface area contributed by atoms with Crippen LogP contribution in [0.2, 0.25) is 10.0 Å². The van der Waals surface area contributed by atoms with Gasteiger partial charge in [0.15, 0.2) is 5.78 Å². The molecule has 3 heterocycles. The summed E-state index contributed by atoms with van der Waals surface area (Å²) in [5.74, 6) is -0.749. The predicted octanol–water partition coefficient (Wildman–Crippen LogP) is 7.14. The SMILES string of the molecule is CCc1nnc([C@H]2C(=N)S/C(=C\c3c(C)n(Cc4ccc(Cl)cc4Cl)c4ccccc34)C2=O)s1. The number of hydrogen-bond donors (Lipinski definition) is 1. The molecule has 2 aromatic carbocycles. The van der Waals surface area contributed by atoms with Gasteiger partial charge in [0.05, 0.1) is 9.95 Å². The molecule has 0 bridgehead atoms. The molecule has 1 fully saturated rings. The third kappa shape index (κ3) is 4.11. The molecule has 0 spiro atoms. The van der Waals surface area contributed by atoms with E-state index >= 15 is 0 Å². The number of benzene rings is 2. The molecule has 0 aliphatic carbocycles. The highest BCUT2D eigenvalue weighted by molar-refractivity contribution is 8.19. The van der Waals surface area contributed by atoms with Crippen LogP contribution >= 0.6 is 46.3 Å². The lowest BCUT2D eigenvalue weighted by molar-refractivity contribution is -0.114. The summed E-state index contributed by atoms with van der Waals surface area (Å²) in [5, 5.41) is 20.8. The van der Waals surface area contributed by atoms with Crippen LogP contribution in [0.4, 0.5) is 0 Å². The highest BCUT2D eigenvalue weighted by Crippen LogP contribution is 2.42. The van der Waals surface area contributed by atoms with Crippen molar-refractivity contribution < 1.29 is 4.79 Å². The van der Waals surface area contributed by atoms with Crippen molar-refractivity contribution in [3.8, 4) is 0 Å². The van der Waals surface area contributed by atoms with Gasteiger partial charge >= 0.3 is 0 Å². The van der Waals surface area contributed by atoms with E-state index in [4.69, 9.17) is 28.6 Å². The molecule has 0 radical (unpaired) electrons. The van der Waals surface area contributed by atoms with Crippen LogP contribution in [0.3, 0.4) is 0 Å². The molecule has 0 saturated carbocycles. The predicted molar refractivity (Wildman–Crippen MR) is 143 cm³/mol. The molecule has 2 aromatic heterocycles. The summed E-state index contributed by atoms with van der Waals surface area (Å²) < 4.78 is 2.20. The Bertz CT molecular complexity index is 1490. The quantitative estimate of drug-likeness (QED) is 0.280. The summed E-state index contributed by atoms with van der Waals surface area (Å²) >= 11 is 15.2.